The molecule has 3 atom stereocenters. The standard InChI is InChI=1S/C34H38N6O3/c1-23-37-28-9-5-6-10-29(28)40(23)27-21-25-11-12-26(22-27)39(25)20-15-34(24-7-3-2-4-8-24)13-18-38(19-14-34)32(41)30-31(33(42)43)36-17-16-35-30/h2-10,16-17,25-27H,11-15,18-22H2,1H3,(H,42,43)/t25-,26+,27?. The molecule has 3 saturated heterocycles. The summed E-state index contributed by atoms with van der Waals surface area (Å²) in [6.45, 7) is 4.31. The van der Waals surface area contributed by atoms with Gasteiger partial charge in [-0.1, -0.05) is 42.5 Å². The lowest BCUT2D eigenvalue weighted by Gasteiger charge is -2.45. The summed E-state index contributed by atoms with van der Waals surface area (Å²) in [5.41, 5.74) is 3.26. The zero-order valence-electron chi connectivity index (χ0n) is 24.6. The molecule has 2 aromatic carbocycles. The number of piperidine rings is 2. The number of fused-ring (bicyclic) bond motifs is 3. The summed E-state index contributed by atoms with van der Waals surface area (Å²) < 4.78 is 2.49. The third-order valence-electron chi connectivity index (χ3n) is 10.3. The van der Waals surface area contributed by atoms with Gasteiger partial charge in [-0.05, 0) is 81.5 Å². The highest BCUT2D eigenvalue weighted by Gasteiger charge is 2.44. The van der Waals surface area contributed by atoms with Crippen molar-refractivity contribution in [2.24, 2.45) is 0 Å². The topological polar surface area (TPSA) is 104 Å². The summed E-state index contributed by atoms with van der Waals surface area (Å²) in [5, 5.41) is 9.53. The molecule has 2 bridgehead atoms. The number of carbonyl (C=O) groups is 2. The van der Waals surface area contributed by atoms with Gasteiger partial charge in [0.15, 0.2) is 11.4 Å². The first kappa shape index (κ1) is 27.7. The fraction of sp³-hybridized carbons (Fsp3) is 0.441. The first-order chi connectivity index (χ1) is 20.9. The first-order valence-corrected chi connectivity index (χ1v) is 15.5. The Hall–Kier alpha value is -4.11. The molecule has 3 aliphatic heterocycles. The van der Waals surface area contributed by atoms with Crippen molar-refractivity contribution in [1.29, 1.82) is 0 Å². The van der Waals surface area contributed by atoms with Gasteiger partial charge >= 0.3 is 5.97 Å². The number of aromatic nitrogens is 4. The van der Waals surface area contributed by atoms with Gasteiger partial charge in [0.05, 0.1) is 11.0 Å². The van der Waals surface area contributed by atoms with Gasteiger partial charge in [0, 0.05) is 43.6 Å². The second kappa shape index (κ2) is 11.2. The van der Waals surface area contributed by atoms with Gasteiger partial charge < -0.3 is 14.6 Å². The lowest BCUT2D eigenvalue weighted by atomic mass is 9.70. The highest BCUT2D eigenvalue weighted by Crippen LogP contribution is 2.45. The van der Waals surface area contributed by atoms with Crippen LogP contribution in [0.15, 0.2) is 67.0 Å². The number of aromatic carboxylic acids is 1. The number of para-hydroxylation sites is 2. The van der Waals surface area contributed by atoms with E-state index in [1.54, 1.807) is 4.90 Å². The van der Waals surface area contributed by atoms with E-state index in [1.165, 1.54) is 36.3 Å². The van der Waals surface area contributed by atoms with Crippen LogP contribution in [0.4, 0.5) is 0 Å². The average molecular weight is 579 g/mol. The maximum Gasteiger partial charge on any atom is 0.356 e. The molecule has 3 aliphatic rings. The van der Waals surface area contributed by atoms with Crippen molar-refractivity contribution in [3.8, 4) is 0 Å². The molecule has 0 aliphatic carbocycles. The van der Waals surface area contributed by atoms with Gasteiger partial charge in [-0.2, -0.15) is 0 Å². The molecular formula is C34H38N6O3. The summed E-state index contributed by atoms with van der Waals surface area (Å²) in [5.74, 6) is -0.475. The highest BCUT2D eigenvalue weighted by molar-refractivity contribution is 6.02. The van der Waals surface area contributed by atoms with Crippen LogP contribution in [0.25, 0.3) is 11.0 Å². The molecule has 7 rings (SSSR count). The molecule has 2 aromatic heterocycles. The van der Waals surface area contributed by atoms with Crippen molar-refractivity contribution < 1.29 is 14.7 Å². The van der Waals surface area contributed by atoms with E-state index in [4.69, 9.17) is 4.98 Å². The first-order valence-electron chi connectivity index (χ1n) is 15.5. The van der Waals surface area contributed by atoms with Gasteiger partial charge in [0.1, 0.15) is 5.82 Å². The van der Waals surface area contributed by atoms with E-state index >= 15 is 0 Å². The Morgan fingerprint density at radius 2 is 1.53 bits per heavy atom. The van der Waals surface area contributed by atoms with Gasteiger partial charge in [-0.3, -0.25) is 9.69 Å². The Labute approximate surface area is 251 Å². The number of amides is 1. The largest absolute Gasteiger partial charge is 0.476 e. The molecule has 0 spiro atoms. The maximum atomic E-state index is 13.4. The van der Waals surface area contributed by atoms with E-state index in [2.05, 4.69) is 81.0 Å². The molecule has 0 saturated carbocycles. The van der Waals surface area contributed by atoms with E-state index in [9.17, 15) is 14.7 Å². The number of carboxylic acid groups (broad SMARTS) is 1. The van der Waals surface area contributed by atoms with Crippen LogP contribution in [0.3, 0.4) is 0 Å². The number of rotatable bonds is 7. The molecule has 43 heavy (non-hydrogen) atoms. The van der Waals surface area contributed by atoms with Gasteiger partial charge in [-0.25, -0.2) is 19.7 Å². The summed E-state index contributed by atoms with van der Waals surface area (Å²) in [6.07, 6.45) is 10.2. The predicted molar refractivity (Wildman–Crippen MR) is 163 cm³/mol. The molecule has 9 heteroatoms. The number of carbonyl (C=O) groups excluding carboxylic acids is 1. The van der Waals surface area contributed by atoms with Crippen LogP contribution in [0, 0.1) is 6.92 Å². The van der Waals surface area contributed by atoms with Crippen LogP contribution in [0.5, 0.6) is 0 Å². The second-order valence-electron chi connectivity index (χ2n) is 12.5. The van der Waals surface area contributed by atoms with Crippen LogP contribution in [0.2, 0.25) is 0 Å². The Morgan fingerprint density at radius 1 is 0.884 bits per heavy atom. The lowest BCUT2D eigenvalue weighted by Crippen LogP contribution is -2.49. The Kier molecular flexibility index (Phi) is 7.21. The number of imidazole rings is 1. The molecular weight excluding hydrogens is 540 g/mol. The Balaban J connectivity index is 1.07. The van der Waals surface area contributed by atoms with Crippen LogP contribution in [0.1, 0.15) is 83.4 Å². The van der Waals surface area contributed by atoms with Crippen LogP contribution >= 0.6 is 0 Å². The molecule has 1 unspecified atom stereocenters. The quantitative estimate of drug-likeness (QED) is 0.319. The smallest absolute Gasteiger partial charge is 0.356 e. The second-order valence-corrected chi connectivity index (χ2v) is 12.5. The van der Waals surface area contributed by atoms with Crippen molar-refractivity contribution in [3.05, 3.63) is 89.8 Å². The summed E-state index contributed by atoms with van der Waals surface area (Å²) >= 11 is 0. The van der Waals surface area contributed by atoms with Crippen LogP contribution in [-0.4, -0.2) is 78.0 Å². The number of likely N-dealkylation sites (tertiary alicyclic amines) is 1. The summed E-state index contributed by atoms with van der Waals surface area (Å²) in [7, 11) is 0. The molecule has 0 radical (unpaired) electrons. The normalized spacial score (nSPS) is 23.5. The fourth-order valence-corrected chi connectivity index (χ4v) is 8.20. The number of carboxylic acids is 1. The van der Waals surface area contributed by atoms with Crippen molar-refractivity contribution in [2.45, 2.75) is 75.4 Å². The van der Waals surface area contributed by atoms with E-state index < -0.39 is 5.97 Å². The van der Waals surface area contributed by atoms with Gasteiger partial charge in [0.25, 0.3) is 5.91 Å². The Bertz CT molecular complexity index is 1630. The lowest BCUT2D eigenvalue weighted by molar-refractivity contribution is 0.0584. The number of aryl methyl sites for hydroxylation is 1. The van der Waals surface area contributed by atoms with Crippen molar-refractivity contribution >= 4 is 22.9 Å². The van der Waals surface area contributed by atoms with Crippen molar-refractivity contribution in [2.75, 3.05) is 19.6 Å². The number of hydrogen-bond acceptors (Lipinski definition) is 6. The minimum atomic E-state index is -1.23. The minimum Gasteiger partial charge on any atom is -0.476 e. The van der Waals surface area contributed by atoms with Crippen molar-refractivity contribution in [1.82, 2.24) is 29.3 Å². The van der Waals surface area contributed by atoms with E-state index in [-0.39, 0.29) is 22.7 Å². The monoisotopic (exact) mass is 578 g/mol. The van der Waals surface area contributed by atoms with Crippen molar-refractivity contribution in [3.63, 3.8) is 0 Å². The molecule has 9 nitrogen and oxygen atoms in total. The van der Waals surface area contributed by atoms with Crippen LogP contribution < -0.4 is 0 Å². The molecule has 222 valence electrons. The fourth-order valence-electron chi connectivity index (χ4n) is 8.20. The zero-order chi connectivity index (χ0) is 29.6. The molecule has 1 N–H and O–H groups in total. The third-order valence-corrected chi connectivity index (χ3v) is 10.3. The predicted octanol–water partition coefficient (Wildman–Crippen LogP) is 5.27. The molecule has 1 amide bonds. The minimum absolute atomic E-state index is 0.0382. The Morgan fingerprint density at radius 3 is 2.23 bits per heavy atom. The zero-order valence-corrected chi connectivity index (χ0v) is 24.6. The maximum absolute atomic E-state index is 13.4. The molecule has 3 fully saturated rings. The molecule has 5 heterocycles. The summed E-state index contributed by atoms with van der Waals surface area (Å²) in [4.78, 5) is 42.4. The number of nitrogens with zero attached hydrogens (tertiary/aromatic N) is 6. The van der Waals surface area contributed by atoms with Gasteiger partial charge in [0.2, 0.25) is 0 Å². The number of benzene rings is 2. The highest BCUT2D eigenvalue weighted by atomic mass is 16.4. The molecule has 4 aromatic rings. The van der Waals surface area contributed by atoms with E-state index in [0.717, 1.165) is 50.0 Å². The number of hydrogen-bond donors (Lipinski definition) is 1. The van der Waals surface area contributed by atoms with E-state index in [1.807, 2.05) is 0 Å². The van der Waals surface area contributed by atoms with Gasteiger partial charge in [-0.15, -0.1) is 0 Å². The average Bonchev–Trinajstić information content (AvgIpc) is 3.50. The van der Waals surface area contributed by atoms with E-state index in [0.29, 0.717) is 31.2 Å². The third kappa shape index (κ3) is 4.99. The summed E-state index contributed by atoms with van der Waals surface area (Å²) in [6, 6.07) is 20.9. The SMILES string of the molecule is Cc1nc2ccccc2n1C1C[C@H]2CC[C@@H](C1)N2CCC1(c2ccccc2)CCN(C(=O)c2nccnc2C(=O)O)CC1. The van der Waals surface area contributed by atoms with Crippen LogP contribution in [-0.2, 0) is 5.41 Å².